The number of halogens is 1. The van der Waals surface area contributed by atoms with E-state index < -0.39 is 0 Å². The van der Waals surface area contributed by atoms with Crippen LogP contribution in [-0.4, -0.2) is 0 Å². The third kappa shape index (κ3) is 3.72. The number of rotatable bonds is 3. The first-order valence-corrected chi connectivity index (χ1v) is 7.54. The summed E-state index contributed by atoms with van der Waals surface area (Å²) in [4.78, 5) is 0. The van der Waals surface area contributed by atoms with Crippen LogP contribution in [0.4, 0.5) is 4.39 Å². The summed E-state index contributed by atoms with van der Waals surface area (Å²) in [5.74, 6) is -0.0913. The van der Waals surface area contributed by atoms with Gasteiger partial charge in [0.1, 0.15) is 5.82 Å². The lowest BCUT2D eigenvalue weighted by atomic mass is 9.78. The molecule has 0 saturated carbocycles. The van der Waals surface area contributed by atoms with E-state index in [0.29, 0.717) is 6.42 Å². The van der Waals surface area contributed by atoms with Crippen molar-refractivity contribution in [2.75, 3.05) is 0 Å². The maximum atomic E-state index is 14.4. The molecule has 0 spiro atoms. The fraction of sp³-hybridized carbons (Fsp3) is 0.400. The summed E-state index contributed by atoms with van der Waals surface area (Å²) in [6.07, 6.45) is 0.702. The Hall–Kier alpha value is -1.63. The van der Waals surface area contributed by atoms with Gasteiger partial charge in [-0.25, -0.2) is 4.39 Å². The number of hydrogen-bond acceptors (Lipinski definition) is 0. The number of benzene rings is 2. The zero-order chi connectivity index (χ0) is 15.7. The molecule has 112 valence electrons. The van der Waals surface area contributed by atoms with Crippen molar-refractivity contribution in [3.63, 3.8) is 0 Å². The maximum Gasteiger partial charge on any atom is 0.126 e. The third-order valence-corrected chi connectivity index (χ3v) is 4.11. The Kier molecular flexibility index (Phi) is 4.22. The van der Waals surface area contributed by atoms with Crippen molar-refractivity contribution in [1.29, 1.82) is 0 Å². The van der Waals surface area contributed by atoms with Gasteiger partial charge in [-0.1, -0.05) is 77.1 Å². The van der Waals surface area contributed by atoms with Gasteiger partial charge in [0, 0.05) is 0 Å². The molecule has 0 fully saturated rings. The lowest BCUT2D eigenvalue weighted by Crippen LogP contribution is -2.21. The van der Waals surface area contributed by atoms with Gasteiger partial charge in [-0.3, -0.25) is 0 Å². The third-order valence-electron chi connectivity index (χ3n) is 4.11. The largest absolute Gasteiger partial charge is 0.207 e. The van der Waals surface area contributed by atoms with E-state index in [1.54, 1.807) is 6.07 Å². The van der Waals surface area contributed by atoms with Crippen LogP contribution >= 0.6 is 0 Å². The molecule has 0 aliphatic heterocycles. The van der Waals surface area contributed by atoms with Gasteiger partial charge in [0.05, 0.1) is 0 Å². The predicted octanol–water partition coefficient (Wildman–Crippen LogP) is 5.64. The smallest absolute Gasteiger partial charge is 0.126 e. The van der Waals surface area contributed by atoms with Gasteiger partial charge in [-0.15, -0.1) is 0 Å². The molecule has 0 aliphatic rings. The van der Waals surface area contributed by atoms with Crippen molar-refractivity contribution in [3.05, 3.63) is 71.0 Å². The maximum absolute atomic E-state index is 14.4. The van der Waals surface area contributed by atoms with E-state index in [0.717, 1.165) is 11.1 Å². The Morgan fingerprint density at radius 3 is 1.95 bits per heavy atom. The van der Waals surface area contributed by atoms with E-state index in [9.17, 15) is 4.39 Å². The van der Waals surface area contributed by atoms with E-state index in [4.69, 9.17) is 0 Å². The van der Waals surface area contributed by atoms with Crippen LogP contribution in [0.2, 0.25) is 0 Å². The molecule has 21 heavy (non-hydrogen) atoms. The Morgan fingerprint density at radius 1 is 0.810 bits per heavy atom. The Bertz CT molecular complexity index is 603. The molecule has 0 aromatic heterocycles. The average Bonchev–Trinajstić information content (AvgIpc) is 2.41. The summed E-state index contributed by atoms with van der Waals surface area (Å²) in [6.45, 7) is 10.7. The normalized spacial score (nSPS) is 12.5. The highest BCUT2D eigenvalue weighted by molar-refractivity contribution is 5.32. The van der Waals surface area contributed by atoms with Crippen LogP contribution in [0.15, 0.2) is 48.5 Å². The van der Waals surface area contributed by atoms with Crippen LogP contribution in [0.3, 0.4) is 0 Å². The molecule has 0 nitrogen and oxygen atoms in total. The van der Waals surface area contributed by atoms with Gasteiger partial charge in [0.25, 0.3) is 0 Å². The molecule has 0 atom stereocenters. The summed E-state index contributed by atoms with van der Waals surface area (Å²) >= 11 is 0. The molecule has 0 saturated heterocycles. The van der Waals surface area contributed by atoms with E-state index in [-0.39, 0.29) is 16.6 Å². The second-order valence-corrected chi connectivity index (χ2v) is 7.48. The predicted molar refractivity (Wildman–Crippen MR) is 88.3 cm³/mol. The highest BCUT2D eigenvalue weighted by atomic mass is 19.1. The summed E-state index contributed by atoms with van der Waals surface area (Å²) in [5, 5.41) is 0. The molecule has 0 bridgehead atoms. The van der Waals surface area contributed by atoms with Crippen LogP contribution in [0.25, 0.3) is 0 Å². The monoisotopic (exact) mass is 284 g/mol. The molecular formula is C20H25F. The molecule has 0 aliphatic carbocycles. The summed E-state index contributed by atoms with van der Waals surface area (Å²) in [5.41, 5.74) is 2.97. The second-order valence-electron chi connectivity index (χ2n) is 7.48. The molecule has 0 unspecified atom stereocenters. The SMILES string of the molecule is CC(C)(C)c1ccc(CC(C)(C)c2ccccc2)c(F)c1. The zero-order valence-electron chi connectivity index (χ0n) is 13.7. The molecule has 0 amide bonds. The Balaban J connectivity index is 2.28. The van der Waals surface area contributed by atoms with Crippen molar-refractivity contribution in [2.45, 2.75) is 51.9 Å². The van der Waals surface area contributed by atoms with Crippen LogP contribution in [0, 0.1) is 5.82 Å². The van der Waals surface area contributed by atoms with Gasteiger partial charge in [-0.2, -0.15) is 0 Å². The summed E-state index contributed by atoms with van der Waals surface area (Å²) < 4.78 is 14.4. The first-order valence-electron chi connectivity index (χ1n) is 7.54. The van der Waals surface area contributed by atoms with Crippen molar-refractivity contribution in [1.82, 2.24) is 0 Å². The summed E-state index contributed by atoms with van der Waals surface area (Å²) in [6, 6.07) is 16.0. The van der Waals surface area contributed by atoms with Crippen molar-refractivity contribution in [2.24, 2.45) is 0 Å². The van der Waals surface area contributed by atoms with E-state index in [1.165, 1.54) is 5.56 Å². The summed E-state index contributed by atoms with van der Waals surface area (Å²) in [7, 11) is 0. The fourth-order valence-electron chi connectivity index (χ4n) is 2.62. The first kappa shape index (κ1) is 15.8. The minimum atomic E-state index is -0.0913. The van der Waals surface area contributed by atoms with Crippen molar-refractivity contribution >= 4 is 0 Å². The van der Waals surface area contributed by atoms with Gasteiger partial charge in [0.15, 0.2) is 0 Å². The Morgan fingerprint density at radius 2 is 1.43 bits per heavy atom. The van der Waals surface area contributed by atoms with Crippen molar-refractivity contribution in [3.8, 4) is 0 Å². The molecule has 0 heterocycles. The highest BCUT2D eigenvalue weighted by Crippen LogP contribution is 2.30. The fourth-order valence-corrected chi connectivity index (χ4v) is 2.62. The lowest BCUT2D eigenvalue weighted by Gasteiger charge is -2.26. The lowest BCUT2D eigenvalue weighted by molar-refractivity contribution is 0.497. The molecule has 2 rings (SSSR count). The van der Waals surface area contributed by atoms with E-state index in [1.807, 2.05) is 24.3 Å². The molecule has 2 aromatic rings. The van der Waals surface area contributed by atoms with Gasteiger partial charge in [-0.05, 0) is 40.0 Å². The minimum absolute atomic E-state index is 0.0195. The van der Waals surface area contributed by atoms with Gasteiger partial charge < -0.3 is 0 Å². The van der Waals surface area contributed by atoms with E-state index in [2.05, 4.69) is 52.8 Å². The number of hydrogen-bond donors (Lipinski definition) is 0. The van der Waals surface area contributed by atoms with Gasteiger partial charge >= 0.3 is 0 Å². The zero-order valence-corrected chi connectivity index (χ0v) is 13.7. The standard InChI is InChI=1S/C20H25F/c1-19(2,3)17-12-11-15(18(21)13-17)14-20(4,5)16-9-7-6-8-10-16/h6-13H,14H2,1-5H3. The van der Waals surface area contributed by atoms with Crippen LogP contribution in [0.1, 0.15) is 51.3 Å². The molecule has 1 heteroatoms. The van der Waals surface area contributed by atoms with Gasteiger partial charge in [0.2, 0.25) is 0 Å². The van der Waals surface area contributed by atoms with Crippen LogP contribution in [-0.2, 0) is 17.3 Å². The van der Waals surface area contributed by atoms with E-state index >= 15 is 0 Å². The average molecular weight is 284 g/mol. The highest BCUT2D eigenvalue weighted by Gasteiger charge is 2.23. The molecule has 0 radical (unpaired) electrons. The van der Waals surface area contributed by atoms with Crippen LogP contribution in [0.5, 0.6) is 0 Å². The quantitative estimate of drug-likeness (QED) is 0.684. The molecular weight excluding hydrogens is 259 g/mol. The molecule has 0 N–H and O–H groups in total. The molecule has 2 aromatic carbocycles. The second kappa shape index (κ2) is 5.63. The minimum Gasteiger partial charge on any atom is -0.207 e. The Labute approximate surface area is 128 Å². The topological polar surface area (TPSA) is 0 Å². The van der Waals surface area contributed by atoms with Crippen molar-refractivity contribution < 1.29 is 4.39 Å². The van der Waals surface area contributed by atoms with Crippen LogP contribution < -0.4 is 0 Å². The first-order chi connectivity index (χ1) is 9.70.